The van der Waals surface area contributed by atoms with Crippen molar-refractivity contribution in [3.8, 4) is 11.5 Å². The van der Waals surface area contributed by atoms with E-state index in [1.807, 2.05) is 6.92 Å². The van der Waals surface area contributed by atoms with Crippen LogP contribution in [0.4, 0.5) is 5.69 Å². The third kappa shape index (κ3) is 5.57. The highest BCUT2D eigenvalue weighted by atomic mass is 32.2. The molecular weight excluding hydrogens is 352 g/mol. The Labute approximate surface area is 154 Å². The molecule has 1 unspecified atom stereocenters. The molecule has 6 nitrogen and oxygen atoms in total. The molecule has 2 rings (SSSR count). The Morgan fingerprint density at radius 2 is 1.81 bits per heavy atom. The van der Waals surface area contributed by atoms with E-state index >= 15 is 0 Å². The molecule has 1 atom stereocenters. The standard InChI is InChI=1S/C19H24N2O4S/c1-3-26(23,24)18-7-5-4-6-17(18)25-16-11-9-15(10-12-16)21-19(22)13-8-14(2)20/h4-7,9-12,14H,3,8,13,20H2,1-2H3,(H,21,22). The van der Waals surface area contributed by atoms with Crippen molar-refractivity contribution in [2.45, 2.75) is 37.6 Å². The number of amides is 1. The molecule has 0 aliphatic heterocycles. The van der Waals surface area contributed by atoms with E-state index in [-0.39, 0.29) is 28.3 Å². The summed E-state index contributed by atoms with van der Waals surface area (Å²) in [6.07, 6.45) is 0.980. The Morgan fingerprint density at radius 1 is 1.15 bits per heavy atom. The van der Waals surface area contributed by atoms with Crippen LogP contribution < -0.4 is 15.8 Å². The number of nitrogens with two attached hydrogens (primary N) is 1. The fourth-order valence-corrected chi connectivity index (χ4v) is 3.28. The second kappa shape index (κ2) is 8.82. The first-order valence-corrected chi connectivity index (χ1v) is 10.1. The Balaban J connectivity index is 2.08. The van der Waals surface area contributed by atoms with Crippen molar-refractivity contribution in [3.05, 3.63) is 48.5 Å². The van der Waals surface area contributed by atoms with E-state index in [0.29, 0.717) is 24.3 Å². The number of carbonyl (C=O) groups is 1. The number of para-hydroxylation sites is 1. The van der Waals surface area contributed by atoms with Gasteiger partial charge in [-0.2, -0.15) is 0 Å². The summed E-state index contributed by atoms with van der Waals surface area (Å²) in [4.78, 5) is 12.0. The van der Waals surface area contributed by atoms with Gasteiger partial charge in [-0.3, -0.25) is 4.79 Å². The van der Waals surface area contributed by atoms with Crippen LogP contribution in [0.1, 0.15) is 26.7 Å². The normalized spacial score (nSPS) is 12.4. The van der Waals surface area contributed by atoms with Gasteiger partial charge in [0.1, 0.15) is 16.4 Å². The predicted molar refractivity (Wildman–Crippen MR) is 102 cm³/mol. The summed E-state index contributed by atoms with van der Waals surface area (Å²) in [5, 5.41) is 2.79. The zero-order chi connectivity index (χ0) is 19.2. The topological polar surface area (TPSA) is 98.5 Å². The Bertz CT molecular complexity index is 846. The maximum absolute atomic E-state index is 12.2. The van der Waals surface area contributed by atoms with E-state index in [1.165, 1.54) is 6.07 Å². The third-order valence-electron chi connectivity index (χ3n) is 3.76. The van der Waals surface area contributed by atoms with E-state index in [4.69, 9.17) is 10.5 Å². The van der Waals surface area contributed by atoms with Crippen LogP contribution in [0, 0.1) is 0 Å². The van der Waals surface area contributed by atoms with Crippen LogP contribution >= 0.6 is 0 Å². The molecule has 7 heteroatoms. The second-order valence-electron chi connectivity index (χ2n) is 6.04. The molecule has 0 bridgehead atoms. The highest BCUT2D eigenvalue weighted by molar-refractivity contribution is 7.91. The van der Waals surface area contributed by atoms with Gasteiger partial charge in [-0.05, 0) is 49.7 Å². The van der Waals surface area contributed by atoms with Crippen LogP contribution in [0.25, 0.3) is 0 Å². The van der Waals surface area contributed by atoms with Crippen molar-refractivity contribution in [2.24, 2.45) is 5.73 Å². The van der Waals surface area contributed by atoms with E-state index in [9.17, 15) is 13.2 Å². The van der Waals surface area contributed by atoms with Gasteiger partial charge < -0.3 is 15.8 Å². The van der Waals surface area contributed by atoms with Crippen LogP contribution in [0.15, 0.2) is 53.4 Å². The lowest BCUT2D eigenvalue weighted by molar-refractivity contribution is -0.116. The first-order chi connectivity index (χ1) is 12.3. The number of sulfone groups is 1. The number of rotatable bonds is 8. The molecule has 26 heavy (non-hydrogen) atoms. The SMILES string of the molecule is CCS(=O)(=O)c1ccccc1Oc1ccc(NC(=O)CCC(C)N)cc1. The van der Waals surface area contributed by atoms with Gasteiger partial charge in [0.25, 0.3) is 0 Å². The third-order valence-corrected chi connectivity index (χ3v) is 5.52. The molecule has 0 saturated heterocycles. The van der Waals surface area contributed by atoms with Gasteiger partial charge in [0.05, 0.1) is 5.75 Å². The summed E-state index contributed by atoms with van der Waals surface area (Å²) in [7, 11) is -3.38. The van der Waals surface area contributed by atoms with Crippen molar-refractivity contribution in [2.75, 3.05) is 11.1 Å². The summed E-state index contributed by atoms with van der Waals surface area (Å²) in [5.41, 5.74) is 6.28. The molecule has 3 N–H and O–H groups in total. The van der Waals surface area contributed by atoms with Crippen molar-refractivity contribution >= 4 is 21.4 Å². The lowest BCUT2D eigenvalue weighted by atomic mass is 10.2. The first-order valence-electron chi connectivity index (χ1n) is 8.47. The Kier molecular flexibility index (Phi) is 6.76. The lowest BCUT2D eigenvalue weighted by Gasteiger charge is -2.12. The molecule has 0 heterocycles. The summed E-state index contributed by atoms with van der Waals surface area (Å²) < 4.78 is 30.0. The van der Waals surface area contributed by atoms with Gasteiger partial charge in [0, 0.05) is 18.2 Å². The van der Waals surface area contributed by atoms with Gasteiger partial charge in [-0.1, -0.05) is 19.1 Å². The smallest absolute Gasteiger partial charge is 0.224 e. The average Bonchev–Trinajstić information content (AvgIpc) is 2.62. The molecule has 140 valence electrons. The van der Waals surface area contributed by atoms with Gasteiger partial charge in [-0.25, -0.2) is 8.42 Å². The second-order valence-corrected chi connectivity index (χ2v) is 8.29. The Morgan fingerprint density at radius 3 is 2.42 bits per heavy atom. The number of hydrogen-bond acceptors (Lipinski definition) is 5. The molecule has 0 aliphatic rings. The molecule has 2 aromatic rings. The molecule has 0 aliphatic carbocycles. The predicted octanol–water partition coefficient (Wildman–Crippen LogP) is 3.34. The molecule has 0 aromatic heterocycles. The summed E-state index contributed by atoms with van der Waals surface area (Å²) in [6, 6.07) is 13.3. The molecule has 0 spiro atoms. The minimum Gasteiger partial charge on any atom is -0.456 e. The number of benzene rings is 2. The van der Waals surface area contributed by atoms with Gasteiger partial charge in [0.15, 0.2) is 9.84 Å². The van der Waals surface area contributed by atoms with Gasteiger partial charge in [-0.15, -0.1) is 0 Å². The minimum atomic E-state index is -3.38. The number of hydrogen-bond donors (Lipinski definition) is 2. The zero-order valence-corrected chi connectivity index (χ0v) is 15.8. The molecular formula is C19H24N2O4S. The van der Waals surface area contributed by atoms with Crippen LogP contribution in [0.3, 0.4) is 0 Å². The maximum atomic E-state index is 12.2. The molecule has 0 fully saturated rings. The van der Waals surface area contributed by atoms with Crippen LogP contribution in [0.5, 0.6) is 11.5 Å². The quantitative estimate of drug-likeness (QED) is 0.736. The fraction of sp³-hybridized carbons (Fsp3) is 0.316. The van der Waals surface area contributed by atoms with Gasteiger partial charge >= 0.3 is 0 Å². The fourth-order valence-electron chi connectivity index (χ4n) is 2.26. The molecule has 0 saturated carbocycles. The lowest BCUT2D eigenvalue weighted by Crippen LogP contribution is -2.19. The first kappa shape index (κ1) is 19.9. The van der Waals surface area contributed by atoms with Crippen LogP contribution in [-0.2, 0) is 14.6 Å². The Hall–Kier alpha value is -2.38. The van der Waals surface area contributed by atoms with E-state index < -0.39 is 9.84 Å². The number of nitrogens with one attached hydrogen (secondary N) is 1. The van der Waals surface area contributed by atoms with Gasteiger partial charge in [0.2, 0.25) is 5.91 Å². The van der Waals surface area contributed by atoms with Crippen molar-refractivity contribution in [3.63, 3.8) is 0 Å². The van der Waals surface area contributed by atoms with E-state index in [1.54, 1.807) is 49.4 Å². The average molecular weight is 376 g/mol. The number of anilines is 1. The van der Waals surface area contributed by atoms with E-state index in [0.717, 1.165) is 0 Å². The number of carbonyl (C=O) groups excluding carboxylic acids is 1. The van der Waals surface area contributed by atoms with Crippen LogP contribution in [0.2, 0.25) is 0 Å². The monoisotopic (exact) mass is 376 g/mol. The van der Waals surface area contributed by atoms with Crippen molar-refractivity contribution < 1.29 is 17.9 Å². The molecule has 2 aromatic carbocycles. The van der Waals surface area contributed by atoms with Crippen LogP contribution in [-0.4, -0.2) is 26.1 Å². The molecule has 1 amide bonds. The molecule has 0 radical (unpaired) electrons. The summed E-state index contributed by atoms with van der Waals surface area (Å²) in [6.45, 7) is 3.45. The summed E-state index contributed by atoms with van der Waals surface area (Å²) in [5.74, 6) is 0.662. The minimum absolute atomic E-state index is 0.000238. The maximum Gasteiger partial charge on any atom is 0.224 e. The van der Waals surface area contributed by atoms with Crippen molar-refractivity contribution in [1.82, 2.24) is 0 Å². The number of ether oxygens (including phenoxy) is 1. The largest absolute Gasteiger partial charge is 0.456 e. The van der Waals surface area contributed by atoms with E-state index in [2.05, 4.69) is 5.32 Å². The van der Waals surface area contributed by atoms with Crippen molar-refractivity contribution in [1.29, 1.82) is 0 Å². The summed E-state index contributed by atoms with van der Waals surface area (Å²) >= 11 is 0. The highest BCUT2D eigenvalue weighted by Gasteiger charge is 2.17. The highest BCUT2D eigenvalue weighted by Crippen LogP contribution is 2.30. The zero-order valence-electron chi connectivity index (χ0n) is 14.9.